The molecule has 0 radical (unpaired) electrons. The highest BCUT2D eigenvalue weighted by atomic mass is 32.2. The van der Waals surface area contributed by atoms with Gasteiger partial charge in [-0.15, -0.1) is 0 Å². The first kappa shape index (κ1) is 12.3. The Balaban J connectivity index is 2.32. The summed E-state index contributed by atoms with van der Waals surface area (Å²) in [5.74, 6) is 5.27. The van der Waals surface area contributed by atoms with Crippen LogP contribution in [0.2, 0.25) is 0 Å². The van der Waals surface area contributed by atoms with Crippen molar-refractivity contribution in [2.24, 2.45) is 5.84 Å². The Morgan fingerprint density at radius 2 is 2.22 bits per heavy atom. The smallest absolute Gasteiger partial charge is 0.272 e. The summed E-state index contributed by atoms with van der Waals surface area (Å²) < 4.78 is 0. The van der Waals surface area contributed by atoms with Gasteiger partial charge in [0.1, 0.15) is 11.4 Å². The molecule has 8 heteroatoms. The van der Waals surface area contributed by atoms with Gasteiger partial charge in [0.2, 0.25) is 0 Å². The summed E-state index contributed by atoms with van der Waals surface area (Å²) >= 11 is 1.30. The number of nitrogen functional groups attached to an aromatic ring is 1. The summed E-state index contributed by atoms with van der Waals surface area (Å²) in [7, 11) is 0. The Labute approximate surface area is 107 Å². The number of hydrogen-bond acceptors (Lipinski definition) is 7. The second-order valence-electron chi connectivity index (χ2n) is 3.27. The van der Waals surface area contributed by atoms with Crippen molar-refractivity contribution in [2.45, 2.75) is 9.92 Å². The zero-order valence-corrected chi connectivity index (χ0v) is 9.92. The number of aromatic nitrogens is 2. The standard InChI is InChI=1S/C10H9N5O2S/c11-14-7-3-8(15(16)17)5-9(4-7)18-10-1-2-12-6-13-10/h1-6,14H,11H2. The molecule has 1 aromatic heterocycles. The summed E-state index contributed by atoms with van der Waals surface area (Å²) in [6.45, 7) is 0. The van der Waals surface area contributed by atoms with E-state index in [9.17, 15) is 10.1 Å². The lowest BCUT2D eigenvalue weighted by molar-refractivity contribution is -0.385. The SMILES string of the molecule is NNc1cc(Sc2ccncn2)cc([N+](=O)[O-])c1. The average Bonchev–Trinajstić information content (AvgIpc) is 2.39. The van der Waals surface area contributed by atoms with Crippen LogP contribution in [0.5, 0.6) is 0 Å². The maximum Gasteiger partial charge on any atom is 0.272 e. The molecule has 0 atom stereocenters. The number of nitrogens with two attached hydrogens (primary N) is 1. The monoisotopic (exact) mass is 263 g/mol. The molecule has 0 fully saturated rings. The third-order valence-corrected chi connectivity index (χ3v) is 2.97. The first-order chi connectivity index (χ1) is 8.69. The zero-order valence-electron chi connectivity index (χ0n) is 9.11. The van der Waals surface area contributed by atoms with Gasteiger partial charge in [0.25, 0.3) is 5.69 Å². The van der Waals surface area contributed by atoms with Crippen LogP contribution in [0, 0.1) is 10.1 Å². The van der Waals surface area contributed by atoms with E-state index in [1.54, 1.807) is 18.3 Å². The lowest BCUT2D eigenvalue weighted by Gasteiger charge is -2.04. The predicted octanol–water partition coefficient (Wildman–Crippen LogP) is 1.82. The number of non-ortho nitro benzene ring substituents is 1. The Hall–Kier alpha value is -2.19. The fourth-order valence-electron chi connectivity index (χ4n) is 1.29. The van der Waals surface area contributed by atoms with Crippen molar-refractivity contribution in [3.8, 4) is 0 Å². The van der Waals surface area contributed by atoms with Gasteiger partial charge in [0, 0.05) is 23.2 Å². The van der Waals surface area contributed by atoms with Crippen molar-refractivity contribution in [2.75, 3.05) is 5.43 Å². The third kappa shape index (κ3) is 2.93. The van der Waals surface area contributed by atoms with Crippen molar-refractivity contribution in [1.82, 2.24) is 9.97 Å². The molecule has 0 aliphatic rings. The molecule has 1 aromatic carbocycles. The van der Waals surface area contributed by atoms with E-state index in [0.717, 1.165) is 0 Å². The van der Waals surface area contributed by atoms with Crippen molar-refractivity contribution in [3.63, 3.8) is 0 Å². The molecule has 3 N–H and O–H groups in total. The molecule has 0 bridgehead atoms. The van der Waals surface area contributed by atoms with Crippen LogP contribution in [0.3, 0.4) is 0 Å². The predicted molar refractivity (Wildman–Crippen MR) is 67.1 cm³/mol. The van der Waals surface area contributed by atoms with Gasteiger partial charge in [-0.05, 0) is 12.1 Å². The summed E-state index contributed by atoms with van der Waals surface area (Å²) in [4.78, 5) is 18.8. The summed E-state index contributed by atoms with van der Waals surface area (Å²) in [5, 5.41) is 11.5. The topological polar surface area (TPSA) is 107 Å². The number of benzene rings is 1. The lowest BCUT2D eigenvalue weighted by atomic mass is 10.3. The Morgan fingerprint density at radius 3 is 2.83 bits per heavy atom. The Bertz CT molecular complexity index is 563. The molecule has 0 aliphatic carbocycles. The second kappa shape index (κ2) is 5.43. The van der Waals surface area contributed by atoms with Gasteiger partial charge in [-0.25, -0.2) is 9.97 Å². The maximum atomic E-state index is 10.8. The third-order valence-electron chi connectivity index (χ3n) is 2.05. The molecule has 7 nitrogen and oxygen atoms in total. The lowest BCUT2D eigenvalue weighted by Crippen LogP contribution is -2.07. The van der Waals surface area contributed by atoms with E-state index in [4.69, 9.17) is 5.84 Å². The number of nitro groups is 1. The molecule has 0 saturated heterocycles. The fraction of sp³-hybridized carbons (Fsp3) is 0. The Kier molecular flexibility index (Phi) is 3.70. The minimum atomic E-state index is -0.467. The first-order valence-electron chi connectivity index (χ1n) is 4.89. The van der Waals surface area contributed by atoms with Gasteiger partial charge in [-0.1, -0.05) is 11.8 Å². The number of rotatable bonds is 4. The number of nitrogens with one attached hydrogen (secondary N) is 1. The van der Waals surface area contributed by atoms with Crippen molar-refractivity contribution in [3.05, 3.63) is 46.9 Å². The van der Waals surface area contributed by atoms with Crippen LogP contribution in [0.25, 0.3) is 0 Å². The van der Waals surface area contributed by atoms with Crippen LogP contribution in [0.1, 0.15) is 0 Å². The van der Waals surface area contributed by atoms with E-state index >= 15 is 0 Å². The molecule has 0 aliphatic heterocycles. The number of nitro benzene ring substituents is 1. The average molecular weight is 263 g/mol. The molecule has 1 heterocycles. The quantitative estimate of drug-likeness (QED) is 0.375. The van der Waals surface area contributed by atoms with Gasteiger partial charge >= 0.3 is 0 Å². The van der Waals surface area contributed by atoms with Crippen molar-refractivity contribution < 1.29 is 4.92 Å². The molecule has 0 amide bonds. The first-order valence-corrected chi connectivity index (χ1v) is 5.70. The number of hydrazine groups is 1. The van der Waals surface area contributed by atoms with E-state index < -0.39 is 4.92 Å². The molecule has 92 valence electrons. The molecule has 0 unspecified atom stereocenters. The highest BCUT2D eigenvalue weighted by molar-refractivity contribution is 7.99. The molecule has 0 saturated carbocycles. The van der Waals surface area contributed by atoms with Gasteiger partial charge in [0.05, 0.1) is 10.6 Å². The summed E-state index contributed by atoms with van der Waals surface area (Å²) in [6, 6.07) is 6.26. The highest BCUT2D eigenvalue weighted by Crippen LogP contribution is 2.31. The zero-order chi connectivity index (χ0) is 13.0. The summed E-state index contributed by atoms with van der Waals surface area (Å²) in [6.07, 6.45) is 3.02. The normalized spacial score (nSPS) is 10.1. The molecular formula is C10H9N5O2S. The van der Waals surface area contributed by atoms with Crippen molar-refractivity contribution in [1.29, 1.82) is 0 Å². The Morgan fingerprint density at radius 1 is 1.39 bits per heavy atom. The van der Waals surface area contributed by atoms with E-state index in [1.165, 1.54) is 30.2 Å². The second-order valence-corrected chi connectivity index (χ2v) is 4.36. The number of nitrogens with zero attached hydrogens (tertiary/aromatic N) is 3. The van der Waals surface area contributed by atoms with E-state index in [-0.39, 0.29) is 5.69 Å². The van der Waals surface area contributed by atoms with Crippen LogP contribution < -0.4 is 11.3 Å². The highest BCUT2D eigenvalue weighted by Gasteiger charge is 2.10. The van der Waals surface area contributed by atoms with Crippen LogP contribution in [-0.2, 0) is 0 Å². The minimum Gasteiger partial charge on any atom is -0.324 e. The van der Waals surface area contributed by atoms with Gasteiger partial charge in [-0.2, -0.15) is 0 Å². The summed E-state index contributed by atoms with van der Waals surface area (Å²) in [5.41, 5.74) is 2.84. The molecular weight excluding hydrogens is 254 g/mol. The van der Waals surface area contributed by atoms with Crippen LogP contribution in [-0.4, -0.2) is 14.9 Å². The minimum absolute atomic E-state index is 0.0259. The van der Waals surface area contributed by atoms with E-state index in [1.807, 2.05) is 0 Å². The van der Waals surface area contributed by atoms with Gasteiger partial charge < -0.3 is 5.43 Å². The van der Waals surface area contributed by atoms with Gasteiger partial charge in [0.15, 0.2) is 0 Å². The maximum absolute atomic E-state index is 10.8. The van der Waals surface area contributed by atoms with Crippen LogP contribution in [0.4, 0.5) is 11.4 Å². The van der Waals surface area contributed by atoms with E-state index in [2.05, 4.69) is 15.4 Å². The van der Waals surface area contributed by atoms with Crippen LogP contribution in [0.15, 0.2) is 46.7 Å². The fourth-order valence-corrected chi connectivity index (χ4v) is 2.13. The number of hydrogen-bond donors (Lipinski definition) is 2. The molecule has 18 heavy (non-hydrogen) atoms. The van der Waals surface area contributed by atoms with Gasteiger partial charge in [-0.3, -0.25) is 16.0 Å². The molecule has 0 spiro atoms. The van der Waals surface area contributed by atoms with Crippen molar-refractivity contribution >= 4 is 23.1 Å². The van der Waals surface area contributed by atoms with E-state index in [0.29, 0.717) is 15.6 Å². The van der Waals surface area contributed by atoms with Crippen LogP contribution >= 0.6 is 11.8 Å². The number of anilines is 1. The largest absolute Gasteiger partial charge is 0.324 e. The molecule has 2 aromatic rings. The molecule has 2 rings (SSSR count).